The molecule has 0 unspecified atom stereocenters. The lowest BCUT2D eigenvalue weighted by molar-refractivity contribution is 0.982. The fourth-order valence-electron chi connectivity index (χ4n) is 0.919. The van der Waals surface area contributed by atoms with Crippen LogP contribution in [-0.2, 0) is 0 Å². The molecule has 0 amide bonds. The Morgan fingerprint density at radius 2 is 1.75 bits per heavy atom. The van der Waals surface area contributed by atoms with Gasteiger partial charge in [0.25, 0.3) is 0 Å². The van der Waals surface area contributed by atoms with Gasteiger partial charge in [-0.05, 0) is 19.1 Å². The van der Waals surface area contributed by atoms with Crippen LogP contribution in [0.15, 0.2) is 12.1 Å². The largest absolute Gasteiger partial charge is 0.370 e. The molecule has 0 aliphatic heterocycles. The van der Waals surface area contributed by atoms with E-state index in [1.54, 1.807) is 0 Å². The predicted molar refractivity (Wildman–Crippen MR) is 57.6 cm³/mol. The van der Waals surface area contributed by atoms with Gasteiger partial charge < -0.3 is 9.80 Å². The lowest BCUT2D eigenvalue weighted by atomic mass is 10.5. The molecule has 0 atom stereocenters. The first-order chi connectivity index (χ1) is 5.65. The van der Waals surface area contributed by atoms with E-state index in [2.05, 4.69) is 50.0 Å². The molecule has 0 aliphatic carbocycles. The standard InChI is InChI=1S/C9H16N2S/c1-5-11(4)9-7-6-8(12-9)10(2)3/h6-7H,5H2,1-4H3. The summed E-state index contributed by atoms with van der Waals surface area (Å²) in [5.41, 5.74) is 0. The van der Waals surface area contributed by atoms with Crippen molar-refractivity contribution in [1.29, 1.82) is 0 Å². The quantitative estimate of drug-likeness (QED) is 0.711. The van der Waals surface area contributed by atoms with Gasteiger partial charge in [0.1, 0.15) is 0 Å². The zero-order valence-corrected chi connectivity index (χ0v) is 8.98. The molecule has 0 N–H and O–H groups in total. The monoisotopic (exact) mass is 184 g/mol. The summed E-state index contributed by atoms with van der Waals surface area (Å²) in [5.74, 6) is 0. The first kappa shape index (κ1) is 9.39. The van der Waals surface area contributed by atoms with Crippen LogP contribution in [0.4, 0.5) is 10.0 Å². The van der Waals surface area contributed by atoms with Crippen LogP contribution in [0.5, 0.6) is 0 Å². The zero-order chi connectivity index (χ0) is 9.14. The molecule has 0 saturated heterocycles. The molecule has 0 bridgehead atoms. The lowest BCUT2D eigenvalue weighted by Gasteiger charge is -2.13. The summed E-state index contributed by atoms with van der Waals surface area (Å²) in [6, 6.07) is 4.33. The van der Waals surface area contributed by atoms with E-state index in [1.807, 2.05) is 11.3 Å². The summed E-state index contributed by atoms with van der Waals surface area (Å²) in [7, 11) is 6.26. The molecule has 0 aromatic carbocycles. The van der Waals surface area contributed by atoms with Crippen molar-refractivity contribution >= 4 is 21.3 Å². The van der Waals surface area contributed by atoms with Crippen LogP contribution in [0.3, 0.4) is 0 Å². The molecule has 0 fully saturated rings. The molecule has 12 heavy (non-hydrogen) atoms. The predicted octanol–water partition coefficient (Wildman–Crippen LogP) is 2.27. The normalized spacial score (nSPS) is 10.0. The topological polar surface area (TPSA) is 6.48 Å². The number of nitrogens with zero attached hydrogens (tertiary/aromatic N) is 2. The Bertz CT molecular complexity index is 242. The molecule has 1 aromatic heterocycles. The van der Waals surface area contributed by atoms with E-state index in [4.69, 9.17) is 0 Å². The van der Waals surface area contributed by atoms with Gasteiger partial charge in [-0.1, -0.05) is 0 Å². The molecule has 0 aliphatic rings. The van der Waals surface area contributed by atoms with Gasteiger partial charge in [-0.3, -0.25) is 0 Å². The highest BCUT2D eigenvalue weighted by Gasteiger charge is 2.03. The highest BCUT2D eigenvalue weighted by Crippen LogP contribution is 2.30. The number of hydrogen-bond acceptors (Lipinski definition) is 3. The maximum Gasteiger partial charge on any atom is 0.0927 e. The third-order valence-corrected chi connectivity index (χ3v) is 3.24. The minimum absolute atomic E-state index is 1.06. The summed E-state index contributed by atoms with van der Waals surface area (Å²) < 4.78 is 0. The molecule has 1 heterocycles. The SMILES string of the molecule is CCN(C)c1ccc(N(C)C)s1. The first-order valence-electron chi connectivity index (χ1n) is 4.13. The molecule has 0 saturated carbocycles. The van der Waals surface area contributed by atoms with Crippen molar-refractivity contribution in [1.82, 2.24) is 0 Å². The van der Waals surface area contributed by atoms with Crippen LogP contribution in [0, 0.1) is 0 Å². The van der Waals surface area contributed by atoms with Crippen molar-refractivity contribution in [2.24, 2.45) is 0 Å². The Labute approximate surface area is 78.4 Å². The van der Waals surface area contributed by atoms with Gasteiger partial charge in [0.2, 0.25) is 0 Å². The second-order valence-corrected chi connectivity index (χ2v) is 4.06. The highest BCUT2D eigenvalue weighted by molar-refractivity contribution is 7.20. The average Bonchev–Trinajstić information content (AvgIpc) is 2.51. The van der Waals surface area contributed by atoms with E-state index in [9.17, 15) is 0 Å². The van der Waals surface area contributed by atoms with E-state index < -0.39 is 0 Å². The Balaban J connectivity index is 2.77. The summed E-state index contributed by atoms with van der Waals surface area (Å²) in [5, 5.41) is 2.64. The molecule has 1 rings (SSSR count). The Kier molecular flexibility index (Phi) is 2.98. The van der Waals surface area contributed by atoms with Crippen molar-refractivity contribution in [3.05, 3.63) is 12.1 Å². The summed E-state index contributed by atoms with van der Waals surface area (Å²) >= 11 is 1.83. The first-order valence-corrected chi connectivity index (χ1v) is 4.95. The van der Waals surface area contributed by atoms with E-state index in [1.165, 1.54) is 10.0 Å². The fraction of sp³-hybridized carbons (Fsp3) is 0.556. The van der Waals surface area contributed by atoms with Crippen LogP contribution in [0.2, 0.25) is 0 Å². The van der Waals surface area contributed by atoms with Crippen molar-refractivity contribution in [2.45, 2.75) is 6.92 Å². The maximum atomic E-state index is 2.25. The van der Waals surface area contributed by atoms with Crippen LogP contribution >= 0.6 is 11.3 Å². The van der Waals surface area contributed by atoms with Crippen molar-refractivity contribution in [3.8, 4) is 0 Å². The third-order valence-electron chi connectivity index (χ3n) is 1.87. The molecule has 0 radical (unpaired) electrons. The van der Waals surface area contributed by atoms with Gasteiger partial charge in [-0.25, -0.2) is 0 Å². The Morgan fingerprint density at radius 3 is 2.17 bits per heavy atom. The molecular weight excluding hydrogens is 168 g/mol. The number of anilines is 2. The fourth-order valence-corrected chi connectivity index (χ4v) is 1.87. The average molecular weight is 184 g/mol. The van der Waals surface area contributed by atoms with Crippen LogP contribution in [0.1, 0.15) is 6.92 Å². The van der Waals surface area contributed by atoms with Crippen LogP contribution in [-0.4, -0.2) is 27.7 Å². The van der Waals surface area contributed by atoms with Gasteiger partial charge in [-0.15, -0.1) is 11.3 Å². The lowest BCUT2D eigenvalue weighted by Crippen LogP contribution is -2.13. The van der Waals surface area contributed by atoms with Crippen molar-refractivity contribution in [3.63, 3.8) is 0 Å². The van der Waals surface area contributed by atoms with E-state index in [0.29, 0.717) is 0 Å². The van der Waals surface area contributed by atoms with E-state index >= 15 is 0 Å². The summed E-state index contributed by atoms with van der Waals surface area (Å²) in [4.78, 5) is 4.38. The van der Waals surface area contributed by atoms with Gasteiger partial charge in [0.15, 0.2) is 0 Å². The smallest absolute Gasteiger partial charge is 0.0927 e. The maximum absolute atomic E-state index is 2.25. The van der Waals surface area contributed by atoms with Crippen molar-refractivity contribution in [2.75, 3.05) is 37.5 Å². The van der Waals surface area contributed by atoms with Crippen molar-refractivity contribution < 1.29 is 0 Å². The van der Waals surface area contributed by atoms with E-state index in [-0.39, 0.29) is 0 Å². The number of rotatable bonds is 3. The minimum atomic E-state index is 1.06. The van der Waals surface area contributed by atoms with Gasteiger partial charge in [0.05, 0.1) is 10.0 Å². The molecule has 1 aromatic rings. The molecular formula is C9H16N2S. The second kappa shape index (κ2) is 3.81. The Hall–Kier alpha value is -0.700. The Morgan fingerprint density at radius 1 is 1.17 bits per heavy atom. The molecule has 2 nitrogen and oxygen atoms in total. The second-order valence-electron chi connectivity index (χ2n) is 3.02. The van der Waals surface area contributed by atoms with Gasteiger partial charge in [0, 0.05) is 27.7 Å². The summed E-state index contributed by atoms with van der Waals surface area (Å²) in [6.45, 7) is 3.22. The van der Waals surface area contributed by atoms with E-state index in [0.717, 1.165) is 6.54 Å². The summed E-state index contributed by atoms with van der Waals surface area (Å²) in [6.07, 6.45) is 0. The zero-order valence-electron chi connectivity index (χ0n) is 8.16. The number of hydrogen-bond donors (Lipinski definition) is 0. The molecule has 68 valence electrons. The van der Waals surface area contributed by atoms with Gasteiger partial charge in [-0.2, -0.15) is 0 Å². The molecule has 3 heteroatoms. The molecule has 0 spiro atoms. The minimum Gasteiger partial charge on any atom is -0.370 e. The van der Waals surface area contributed by atoms with Gasteiger partial charge >= 0.3 is 0 Å². The highest BCUT2D eigenvalue weighted by atomic mass is 32.1. The van der Waals surface area contributed by atoms with Crippen LogP contribution < -0.4 is 9.80 Å². The third kappa shape index (κ3) is 1.91. The van der Waals surface area contributed by atoms with Crippen LogP contribution in [0.25, 0.3) is 0 Å². The number of thiophene rings is 1.